The fraction of sp³-hybridized carbons (Fsp3) is 0.250. The molecule has 0 saturated carbocycles. The maximum Gasteiger partial charge on any atom is 0.293 e. The van der Waals surface area contributed by atoms with Gasteiger partial charge in [-0.05, 0) is 24.3 Å². The second-order valence-corrected chi connectivity index (χ2v) is 4.62. The van der Waals surface area contributed by atoms with Crippen LogP contribution in [0.5, 0.6) is 17.2 Å². The Morgan fingerprint density at radius 1 is 1.09 bits per heavy atom. The molecule has 0 aliphatic rings. The van der Waals surface area contributed by atoms with Crippen LogP contribution in [0.2, 0.25) is 0 Å². The van der Waals surface area contributed by atoms with Gasteiger partial charge in [-0.25, -0.2) is 0 Å². The third-order valence-electron chi connectivity index (χ3n) is 3.20. The minimum atomic E-state index is -0.369. The Morgan fingerprint density at radius 2 is 1.83 bits per heavy atom. The van der Waals surface area contributed by atoms with Crippen LogP contribution in [0.4, 0.5) is 5.69 Å². The standard InChI is InChI=1S/C16H18N2O5/c1-21-11-6-7-12(14(9-11)23-3)17-15(19)10-18-8-4-5-13(22-2)16(18)20/h4-9H,10H2,1-3H3,(H,17,19). The highest BCUT2D eigenvalue weighted by Crippen LogP contribution is 2.28. The number of rotatable bonds is 6. The summed E-state index contributed by atoms with van der Waals surface area (Å²) < 4.78 is 16.5. The van der Waals surface area contributed by atoms with Crippen LogP contribution in [-0.4, -0.2) is 31.8 Å². The van der Waals surface area contributed by atoms with Gasteiger partial charge in [-0.3, -0.25) is 9.59 Å². The molecule has 2 rings (SSSR count). The molecule has 0 atom stereocenters. The first-order valence-electron chi connectivity index (χ1n) is 6.84. The number of aromatic nitrogens is 1. The van der Waals surface area contributed by atoms with E-state index in [4.69, 9.17) is 14.2 Å². The van der Waals surface area contributed by atoms with Gasteiger partial charge in [0.25, 0.3) is 5.56 Å². The van der Waals surface area contributed by atoms with Crippen LogP contribution in [0, 0.1) is 0 Å². The minimum absolute atomic E-state index is 0.134. The second-order valence-electron chi connectivity index (χ2n) is 4.62. The molecular formula is C16H18N2O5. The fourth-order valence-corrected chi connectivity index (χ4v) is 2.04. The topological polar surface area (TPSA) is 78.8 Å². The Labute approximate surface area is 133 Å². The summed E-state index contributed by atoms with van der Waals surface area (Å²) in [6.45, 7) is -0.134. The van der Waals surface area contributed by atoms with Crippen LogP contribution in [-0.2, 0) is 11.3 Å². The van der Waals surface area contributed by atoms with Crippen molar-refractivity contribution in [3.05, 3.63) is 46.9 Å². The molecule has 0 saturated heterocycles. The first kappa shape index (κ1) is 16.4. The molecule has 2 aromatic rings. The molecule has 0 bridgehead atoms. The summed E-state index contributed by atoms with van der Waals surface area (Å²) in [7, 11) is 4.45. The summed E-state index contributed by atoms with van der Waals surface area (Å²) in [5.41, 5.74) is 0.126. The van der Waals surface area contributed by atoms with Gasteiger partial charge in [-0.1, -0.05) is 0 Å². The van der Waals surface area contributed by atoms with E-state index in [-0.39, 0.29) is 23.8 Å². The number of amides is 1. The third kappa shape index (κ3) is 3.82. The molecule has 1 amide bonds. The monoisotopic (exact) mass is 318 g/mol. The van der Waals surface area contributed by atoms with Crippen LogP contribution in [0.1, 0.15) is 0 Å². The molecule has 0 aliphatic carbocycles. The molecule has 0 aliphatic heterocycles. The zero-order valence-electron chi connectivity index (χ0n) is 13.2. The predicted octanol–water partition coefficient (Wildman–Crippen LogP) is 1.51. The summed E-state index contributed by atoms with van der Waals surface area (Å²) in [6.07, 6.45) is 1.52. The molecule has 122 valence electrons. The maximum atomic E-state index is 12.2. The van der Waals surface area contributed by atoms with Crippen molar-refractivity contribution in [3.63, 3.8) is 0 Å². The van der Waals surface area contributed by atoms with Gasteiger partial charge in [-0.15, -0.1) is 0 Å². The summed E-state index contributed by atoms with van der Waals surface area (Å²) in [5.74, 6) is 0.908. The number of pyridine rings is 1. The van der Waals surface area contributed by atoms with Crippen molar-refractivity contribution in [2.24, 2.45) is 0 Å². The molecule has 7 nitrogen and oxygen atoms in total. The third-order valence-corrected chi connectivity index (χ3v) is 3.20. The van der Waals surface area contributed by atoms with Crippen molar-refractivity contribution < 1.29 is 19.0 Å². The van der Waals surface area contributed by atoms with E-state index in [9.17, 15) is 9.59 Å². The first-order valence-corrected chi connectivity index (χ1v) is 6.84. The Kier molecular flexibility index (Phi) is 5.24. The quantitative estimate of drug-likeness (QED) is 0.873. The average Bonchev–Trinajstić information content (AvgIpc) is 2.57. The van der Waals surface area contributed by atoms with Crippen LogP contribution in [0.25, 0.3) is 0 Å². The van der Waals surface area contributed by atoms with E-state index < -0.39 is 0 Å². The largest absolute Gasteiger partial charge is 0.497 e. The first-order chi connectivity index (χ1) is 11.1. The van der Waals surface area contributed by atoms with Gasteiger partial charge >= 0.3 is 0 Å². The van der Waals surface area contributed by atoms with Gasteiger partial charge in [0.15, 0.2) is 5.75 Å². The van der Waals surface area contributed by atoms with E-state index in [1.54, 1.807) is 37.4 Å². The van der Waals surface area contributed by atoms with Gasteiger partial charge in [0.2, 0.25) is 5.91 Å². The average molecular weight is 318 g/mol. The molecule has 0 spiro atoms. The van der Waals surface area contributed by atoms with Crippen molar-refractivity contribution in [2.45, 2.75) is 6.54 Å². The summed E-state index contributed by atoms with van der Waals surface area (Å²) in [5, 5.41) is 2.71. The maximum absolute atomic E-state index is 12.2. The number of carbonyl (C=O) groups is 1. The van der Waals surface area contributed by atoms with E-state index in [2.05, 4.69) is 5.32 Å². The molecule has 0 radical (unpaired) electrons. The van der Waals surface area contributed by atoms with Crippen molar-refractivity contribution in [1.29, 1.82) is 0 Å². The second kappa shape index (κ2) is 7.35. The van der Waals surface area contributed by atoms with E-state index in [0.29, 0.717) is 17.2 Å². The number of nitrogens with one attached hydrogen (secondary N) is 1. The molecule has 0 unspecified atom stereocenters. The zero-order chi connectivity index (χ0) is 16.8. The Morgan fingerprint density at radius 3 is 2.48 bits per heavy atom. The van der Waals surface area contributed by atoms with Crippen LogP contribution in [0.3, 0.4) is 0 Å². The lowest BCUT2D eigenvalue weighted by molar-refractivity contribution is -0.116. The molecule has 1 aromatic heterocycles. The lowest BCUT2D eigenvalue weighted by Crippen LogP contribution is -2.27. The number of benzene rings is 1. The molecular weight excluding hydrogens is 300 g/mol. The van der Waals surface area contributed by atoms with Gasteiger partial charge in [-0.2, -0.15) is 0 Å². The Bertz CT molecular complexity index is 754. The van der Waals surface area contributed by atoms with E-state index in [1.807, 2.05) is 0 Å². The Balaban J connectivity index is 2.16. The molecule has 0 fully saturated rings. The van der Waals surface area contributed by atoms with Gasteiger partial charge in [0.05, 0.1) is 27.0 Å². The van der Waals surface area contributed by atoms with E-state index in [0.717, 1.165) is 0 Å². The van der Waals surface area contributed by atoms with Crippen LogP contribution < -0.4 is 25.1 Å². The number of methoxy groups -OCH3 is 3. The Hall–Kier alpha value is -2.96. The lowest BCUT2D eigenvalue weighted by atomic mass is 10.2. The normalized spacial score (nSPS) is 10.0. The predicted molar refractivity (Wildman–Crippen MR) is 85.4 cm³/mol. The number of carbonyl (C=O) groups excluding carboxylic acids is 1. The van der Waals surface area contributed by atoms with E-state index >= 15 is 0 Å². The summed E-state index contributed by atoms with van der Waals surface area (Å²) >= 11 is 0. The van der Waals surface area contributed by atoms with Crippen molar-refractivity contribution >= 4 is 11.6 Å². The van der Waals surface area contributed by atoms with Crippen LogP contribution >= 0.6 is 0 Å². The fourth-order valence-electron chi connectivity index (χ4n) is 2.04. The van der Waals surface area contributed by atoms with Gasteiger partial charge in [0.1, 0.15) is 18.0 Å². The van der Waals surface area contributed by atoms with E-state index in [1.165, 1.54) is 25.0 Å². The zero-order valence-corrected chi connectivity index (χ0v) is 13.2. The lowest BCUT2D eigenvalue weighted by Gasteiger charge is -2.12. The van der Waals surface area contributed by atoms with Crippen molar-refractivity contribution in [3.8, 4) is 17.2 Å². The highest BCUT2D eigenvalue weighted by atomic mass is 16.5. The number of hydrogen-bond acceptors (Lipinski definition) is 5. The molecule has 1 heterocycles. The van der Waals surface area contributed by atoms with Crippen molar-refractivity contribution in [2.75, 3.05) is 26.6 Å². The minimum Gasteiger partial charge on any atom is -0.497 e. The molecule has 23 heavy (non-hydrogen) atoms. The highest BCUT2D eigenvalue weighted by Gasteiger charge is 2.11. The number of nitrogens with zero attached hydrogens (tertiary/aromatic N) is 1. The van der Waals surface area contributed by atoms with Crippen molar-refractivity contribution in [1.82, 2.24) is 4.57 Å². The van der Waals surface area contributed by atoms with Crippen LogP contribution in [0.15, 0.2) is 41.3 Å². The van der Waals surface area contributed by atoms with Gasteiger partial charge < -0.3 is 24.1 Å². The molecule has 7 heteroatoms. The molecule has 1 N–H and O–H groups in total. The molecule has 1 aromatic carbocycles. The van der Waals surface area contributed by atoms with Gasteiger partial charge in [0, 0.05) is 12.3 Å². The number of ether oxygens (including phenoxy) is 3. The highest BCUT2D eigenvalue weighted by molar-refractivity contribution is 5.92. The summed E-state index contributed by atoms with van der Waals surface area (Å²) in [6, 6.07) is 8.22. The number of hydrogen-bond donors (Lipinski definition) is 1. The smallest absolute Gasteiger partial charge is 0.293 e. The number of anilines is 1. The summed E-state index contributed by atoms with van der Waals surface area (Å²) in [4.78, 5) is 24.2. The SMILES string of the molecule is COc1ccc(NC(=O)Cn2cccc(OC)c2=O)c(OC)c1.